The maximum atomic E-state index is 11.9. The molecule has 0 spiro atoms. The number of carbonyl (C=O) groups excluding carboxylic acids is 2. The van der Waals surface area contributed by atoms with Crippen molar-refractivity contribution in [3.05, 3.63) is 34.9 Å². The SMILES string of the molecule is CC[C@H](C)NC(=O)CNC(=O)c1ccc(C)c(C)c1. The summed E-state index contributed by atoms with van der Waals surface area (Å²) in [7, 11) is 0. The van der Waals surface area contributed by atoms with E-state index in [4.69, 9.17) is 0 Å². The fourth-order valence-corrected chi connectivity index (χ4v) is 1.57. The first-order valence-corrected chi connectivity index (χ1v) is 6.58. The van der Waals surface area contributed by atoms with Crippen LogP contribution < -0.4 is 10.6 Å². The van der Waals surface area contributed by atoms with Crippen molar-refractivity contribution < 1.29 is 9.59 Å². The molecule has 104 valence electrons. The lowest BCUT2D eigenvalue weighted by molar-refractivity contribution is -0.120. The molecule has 0 radical (unpaired) electrons. The molecule has 0 aliphatic heterocycles. The van der Waals surface area contributed by atoms with Crippen LogP contribution in [0.15, 0.2) is 18.2 Å². The maximum Gasteiger partial charge on any atom is 0.251 e. The molecule has 0 saturated heterocycles. The highest BCUT2D eigenvalue weighted by molar-refractivity contribution is 5.96. The smallest absolute Gasteiger partial charge is 0.251 e. The largest absolute Gasteiger partial charge is 0.352 e. The molecule has 19 heavy (non-hydrogen) atoms. The summed E-state index contributed by atoms with van der Waals surface area (Å²) in [6.45, 7) is 7.90. The predicted molar refractivity (Wildman–Crippen MR) is 76.1 cm³/mol. The maximum absolute atomic E-state index is 11.9. The number of rotatable bonds is 5. The molecule has 2 amide bonds. The van der Waals surface area contributed by atoms with E-state index in [1.807, 2.05) is 39.8 Å². The molecule has 2 N–H and O–H groups in total. The molecule has 4 nitrogen and oxygen atoms in total. The Labute approximate surface area is 114 Å². The van der Waals surface area contributed by atoms with Gasteiger partial charge in [-0.2, -0.15) is 0 Å². The molecule has 0 aromatic heterocycles. The minimum atomic E-state index is -0.220. The Hall–Kier alpha value is -1.84. The van der Waals surface area contributed by atoms with E-state index in [1.165, 1.54) is 0 Å². The van der Waals surface area contributed by atoms with Gasteiger partial charge in [0.1, 0.15) is 0 Å². The zero-order valence-electron chi connectivity index (χ0n) is 12.0. The zero-order valence-corrected chi connectivity index (χ0v) is 12.0. The summed E-state index contributed by atoms with van der Waals surface area (Å²) in [5.41, 5.74) is 2.79. The van der Waals surface area contributed by atoms with Crippen LogP contribution in [0.25, 0.3) is 0 Å². The summed E-state index contributed by atoms with van der Waals surface area (Å²) in [6.07, 6.45) is 0.872. The second kappa shape index (κ2) is 6.92. The van der Waals surface area contributed by atoms with Crippen molar-refractivity contribution in [2.24, 2.45) is 0 Å². The lowest BCUT2D eigenvalue weighted by Gasteiger charge is -2.12. The van der Waals surface area contributed by atoms with Gasteiger partial charge < -0.3 is 10.6 Å². The van der Waals surface area contributed by atoms with E-state index in [0.717, 1.165) is 17.5 Å². The van der Waals surface area contributed by atoms with Gasteiger partial charge in [-0.05, 0) is 50.5 Å². The molecule has 0 saturated carbocycles. The van der Waals surface area contributed by atoms with E-state index in [0.29, 0.717) is 5.56 Å². The average Bonchev–Trinajstić information content (AvgIpc) is 2.39. The summed E-state index contributed by atoms with van der Waals surface area (Å²) in [5, 5.41) is 5.43. The molecular weight excluding hydrogens is 240 g/mol. The quantitative estimate of drug-likeness (QED) is 0.852. The van der Waals surface area contributed by atoms with E-state index in [2.05, 4.69) is 10.6 Å². The van der Waals surface area contributed by atoms with Crippen LogP contribution in [-0.4, -0.2) is 24.4 Å². The number of hydrogen-bond donors (Lipinski definition) is 2. The Bertz CT molecular complexity index is 469. The van der Waals surface area contributed by atoms with E-state index < -0.39 is 0 Å². The number of nitrogens with one attached hydrogen (secondary N) is 2. The predicted octanol–water partition coefficient (Wildman–Crippen LogP) is 1.95. The Kier molecular flexibility index (Phi) is 5.55. The lowest BCUT2D eigenvalue weighted by Crippen LogP contribution is -2.40. The van der Waals surface area contributed by atoms with Crippen molar-refractivity contribution in [1.29, 1.82) is 0 Å². The molecule has 0 aliphatic rings. The molecule has 4 heteroatoms. The van der Waals surface area contributed by atoms with Gasteiger partial charge >= 0.3 is 0 Å². The average molecular weight is 262 g/mol. The minimum absolute atomic E-state index is 0.0100. The first-order valence-electron chi connectivity index (χ1n) is 6.58. The standard InChI is InChI=1S/C15H22N2O2/c1-5-12(4)17-14(18)9-16-15(19)13-7-6-10(2)11(3)8-13/h6-8,12H,5,9H2,1-4H3,(H,16,19)(H,17,18)/t12-/m0/s1. The highest BCUT2D eigenvalue weighted by atomic mass is 16.2. The van der Waals surface area contributed by atoms with Crippen molar-refractivity contribution in [3.8, 4) is 0 Å². The van der Waals surface area contributed by atoms with Crippen LogP contribution in [0, 0.1) is 13.8 Å². The van der Waals surface area contributed by atoms with Crippen LogP contribution in [0.5, 0.6) is 0 Å². The minimum Gasteiger partial charge on any atom is -0.352 e. The summed E-state index contributed by atoms with van der Waals surface area (Å²) < 4.78 is 0. The van der Waals surface area contributed by atoms with Crippen LogP contribution in [0.3, 0.4) is 0 Å². The molecule has 1 aromatic rings. The topological polar surface area (TPSA) is 58.2 Å². The number of carbonyl (C=O) groups is 2. The van der Waals surface area contributed by atoms with Gasteiger partial charge in [0.15, 0.2) is 0 Å². The first kappa shape index (κ1) is 15.2. The molecule has 0 aliphatic carbocycles. The third kappa shape index (κ3) is 4.73. The van der Waals surface area contributed by atoms with Crippen LogP contribution in [-0.2, 0) is 4.79 Å². The second-order valence-corrected chi connectivity index (χ2v) is 4.86. The van der Waals surface area contributed by atoms with Gasteiger partial charge in [-0.25, -0.2) is 0 Å². The van der Waals surface area contributed by atoms with Gasteiger partial charge in [-0.15, -0.1) is 0 Å². The van der Waals surface area contributed by atoms with Gasteiger partial charge in [-0.3, -0.25) is 9.59 Å². The highest BCUT2D eigenvalue weighted by Gasteiger charge is 2.10. The summed E-state index contributed by atoms with van der Waals surface area (Å²) in [5.74, 6) is -0.381. The van der Waals surface area contributed by atoms with Crippen molar-refractivity contribution in [2.75, 3.05) is 6.54 Å². The molecule has 0 fully saturated rings. The van der Waals surface area contributed by atoms with Gasteiger partial charge in [-0.1, -0.05) is 13.0 Å². The van der Waals surface area contributed by atoms with Gasteiger partial charge in [0.05, 0.1) is 6.54 Å². The fourth-order valence-electron chi connectivity index (χ4n) is 1.57. The first-order chi connectivity index (χ1) is 8.93. The van der Waals surface area contributed by atoms with Crippen LogP contribution >= 0.6 is 0 Å². The Morgan fingerprint density at radius 3 is 2.47 bits per heavy atom. The Balaban J connectivity index is 2.51. The van der Waals surface area contributed by atoms with E-state index in [9.17, 15) is 9.59 Å². The van der Waals surface area contributed by atoms with Crippen molar-refractivity contribution >= 4 is 11.8 Å². The van der Waals surface area contributed by atoms with E-state index in [1.54, 1.807) is 6.07 Å². The Morgan fingerprint density at radius 1 is 1.21 bits per heavy atom. The van der Waals surface area contributed by atoms with Crippen LogP contribution in [0.2, 0.25) is 0 Å². The molecule has 0 heterocycles. The number of benzene rings is 1. The highest BCUT2D eigenvalue weighted by Crippen LogP contribution is 2.09. The lowest BCUT2D eigenvalue weighted by atomic mass is 10.1. The second-order valence-electron chi connectivity index (χ2n) is 4.86. The van der Waals surface area contributed by atoms with Crippen molar-refractivity contribution in [1.82, 2.24) is 10.6 Å². The zero-order chi connectivity index (χ0) is 14.4. The molecule has 0 bridgehead atoms. The Morgan fingerprint density at radius 2 is 1.89 bits per heavy atom. The third-order valence-electron chi connectivity index (χ3n) is 3.20. The number of aryl methyl sites for hydroxylation is 2. The van der Waals surface area contributed by atoms with Crippen LogP contribution in [0.1, 0.15) is 41.8 Å². The molecule has 0 unspecified atom stereocenters. The monoisotopic (exact) mass is 262 g/mol. The molecule has 1 rings (SSSR count). The third-order valence-corrected chi connectivity index (χ3v) is 3.20. The van der Waals surface area contributed by atoms with E-state index in [-0.39, 0.29) is 24.4 Å². The van der Waals surface area contributed by atoms with Gasteiger partial charge in [0, 0.05) is 11.6 Å². The number of amides is 2. The van der Waals surface area contributed by atoms with Crippen LogP contribution in [0.4, 0.5) is 0 Å². The van der Waals surface area contributed by atoms with Crippen molar-refractivity contribution in [2.45, 2.75) is 40.2 Å². The molecule has 1 atom stereocenters. The summed E-state index contributed by atoms with van der Waals surface area (Å²) in [6, 6.07) is 5.64. The van der Waals surface area contributed by atoms with Crippen molar-refractivity contribution in [3.63, 3.8) is 0 Å². The summed E-state index contributed by atoms with van der Waals surface area (Å²) in [4.78, 5) is 23.4. The fraction of sp³-hybridized carbons (Fsp3) is 0.467. The normalized spacial score (nSPS) is 11.8. The van der Waals surface area contributed by atoms with Gasteiger partial charge in [0.2, 0.25) is 5.91 Å². The van der Waals surface area contributed by atoms with E-state index >= 15 is 0 Å². The molecular formula is C15H22N2O2. The van der Waals surface area contributed by atoms with Gasteiger partial charge in [0.25, 0.3) is 5.91 Å². The summed E-state index contributed by atoms with van der Waals surface area (Å²) >= 11 is 0. The molecule has 1 aromatic carbocycles. The number of hydrogen-bond acceptors (Lipinski definition) is 2.